The van der Waals surface area contributed by atoms with Crippen molar-refractivity contribution in [1.82, 2.24) is 14.6 Å². The molecule has 2 unspecified atom stereocenters. The second-order valence-electron chi connectivity index (χ2n) is 6.27. The molecule has 1 aromatic heterocycles. The van der Waals surface area contributed by atoms with E-state index in [1.165, 1.54) is 24.6 Å². The van der Waals surface area contributed by atoms with Gasteiger partial charge < -0.3 is 25.2 Å². The van der Waals surface area contributed by atoms with Gasteiger partial charge in [0, 0.05) is 5.38 Å². The fourth-order valence-corrected chi connectivity index (χ4v) is 4.23. The van der Waals surface area contributed by atoms with Crippen LogP contribution in [0.1, 0.15) is 16.1 Å². The molecule has 1 aliphatic rings. The molecular weight excluding hydrogens is 489 g/mol. The van der Waals surface area contributed by atoms with Gasteiger partial charge in [0.2, 0.25) is 0 Å². The summed E-state index contributed by atoms with van der Waals surface area (Å²) in [5.74, 6) is -2.95. The van der Waals surface area contributed by atoms with Gasteiger partial charge >= 0.3 is 35.5 Å². The van der Waals surface area contributed by atoms with Gasteiger partial charge in [-0.3, -0.25) is 9.59 Å². The first-order valence-electron chi connectivity index (χ1n) is 8.78. The zero-order valence-corrected chi connectivity index (χ0v) is 21.0. The zero-order chi connectivity index (χ0) is 23.5. The maximum absolute atomic E-state index is 12.6. The van der Waals surface area contributed by atoms with Crippen LogP contribution in [0, 0.1) is 0 Å². The molecule has 2 atom stereocenters. The number of benzene rings is 1. The Morgan fingerprint density at radius 2 is 2.00 bits per heavy atom. The van der Waals surface area contributed by atoms with Crippen LogP contribution < -0.4 is 40.6 Å². The molecule has 2 heterocycles. The smallest absolute Gasteiger partial charge is 0.731 e. The second-order valence-corrected chi connectivity index (χ2v) is 8.41. The van der Waals surface area contributed by atoms with Gasteiger partial charge in [0.1, 0.15) is 31.5 Å². The molecule has 16 heteroatoms. The van der Waals surface area contributed by atoms with E-state index in [0.717, 1.165) is 11.3 Å². The Hall–Kier alpha value is -2.56. The summed E-state index contributed by atoms with van der Waals surface area (Å²) < 4.78 is 39.5. The number of hydrogen-bond donors (Lipinski definition) is 2. The number of anilines is 1. The van der Waals surface area contributed by atoms with E-state index in [2.05, 4.69) is 20.3 Å². The Bertz CT molecular complexity index is 1170. The quantitative estimate of drug-likeness (QED) is 0.0894. The van der Waals surface area contributed by atoms with Crippen LogP contribution in [-0.4, -0.2) is 71.6 Å². The molecule has 2 amide bonds. The van der Waals surface area contributed by atoms with Crippen molar-refractivity contribution in [2.45, 2.75) is 12.1 Å². The molecule has 0 saturated carbocycles. The molecule has 0 aliphatic carbocycles. The van der Waals surface area contributed by atoms with E-state index in [1.54, 1.807) is 18.2 Å². The molecular formula is C17H16N5NaO8S2. The van der Waals surface area contributed by atoms with Gasteiger partial charge in [0.05, 0.1) is 5.56 Å². The first-order chi connectivity index (χ1) is 15.1. The molecule has 1 aromatic carbocycles. The second kappa shape index (κ2) is 11.0. The van der Waals surface area contributed by atoms with Crippen LogP contribution in [0.5, 0.6) is 0 Å². The maximum atomic E-state index is 12.6. The third kappa shape index (κ3) is 6.07. The van der Waals surface area contributed by atoms with Crippen molar-refractivity contribution in [3.05, 3.63) is 47.0 Å². The fraction of sp³-hybridized carbons (Fsp3) is 0.235. The molecule has 0 radical (unpaired) electrons. The van der Waals surface area contributed by atoms with E-state index in [-0.39, 0.29) is 56.0 Å². The number of hydrogen-bond acceptors (Lipinski definition) is 12. The van der Waals surface area contributed by atoms with Crippen LogP contribution in [0.3, 0.4) is 0 Å². The van der Waals surface area contributed by atoms with Crippen molar-refractivity contribution in [2.24, 2.45) is 5.16 Å². The van der Waals surface area contributed by atoms with E-state index < -0.39 is 46.8 Å². The normalized spacial score (nSPS) is 18.1. The van der Waals surface area contributed by atoms with Gasteiger partial charge in [-0.2, -0.15) is 0 Å². The molecule has 170 valence electrons. The number of β-lactam (4-membered cyclic amide) rings is 1. The van der Waals surface area contributed by atoms with Gasteiger partial charge in [-0.1, -0.05) is 23.4 Å². The molecule has 13 nitrogen and oxygen atoms in total. The molecule has 1 saturated heterocycles. The summed E-state index contributed by atoms with van der Waals surface area (Å²) in [6.07, 6.45) is 0. The minimum atomic E-state index is -5.22. The Morgan fingerprint density at radius 3 is 2.55 bits per heavy atom. The minimum absolute atomic E-state index is 0. The zero-order valence-electron chi connectivity index (χ0n) is 17.3. The summed E-state index contributed by atoms with van der Waals surface area (Å²) in [6.45, 7) is -0.660. The number of oxime groups is 1. The Balaban J connectivity index is 0.00000385. The molecule has 3 N–H and O–H groups in total. The van der Waals surface area contributed by atoms with Crippen molar-refractivity contribution in [2.75, 3.05) is 19.5 Å². The van der Waals surface area contributed by atoms with Crippen molar-refractivity contribution < 1.29 is 66.5 Å². The van der Waals surface area contributed by atoms with Crippen molar-refractivity contribution in [3.8, 4) is 0 Å². The van der Waals surface area contributed by atoms with Crippen molar-refractivity contribution >= 4 is 50.3 Å². The number of esters is 1. The maximum Gasteiger partial charge on any atom is 1.00 e. The van der Waals surface area contributed by atoms with Gasteiger partial charge in [-0.05, 0) is 12.1 Å². The number of nitrogens with zero attached hydrogens (tertiary/aromatic N) is 3. The number of nitrogen functional groups attached to an aromatic ring is 1. The van der Waals surface area contributed by atoms with E-state index >= 15 is 0 Å². The van der Waals surface area contributed by atoms with E-state index in [0.29, 0.717) is 0 Å². The SMILES string of the molecule is CON=C(C(=O)NC1C(=O)N(S(=O)(=O)[O-])C1COC(=O)c1ccccc1)c1csc(N)n1.[Na+]. The van der Waals surface area contributed by atoms with E-state index in [4.69, 9.17) is 10.5 Å². The number of carbonyl (C=O) groups is 3. The Labute approximate surface area is 214 Å². The molecule has 3 rings (SSSR count). The summed E-state index contributed by atoms with van der Waals surface area (Å²) >= 11 is 1.03. The van der Waals surface area contributed by atoms with Crippen LogP contribution in [-0.2, 0) is 29.5 Å². The van der Waals surface area contributed by atoms with Crippen LogP contribution in [0.15, 0.2) is 40.9 Å². The third-order valence-corrected chi connectivity index (χ3v) is 5.86. The van der Waals surface area contributed by atoms with Crippen LogP contribution in [0.25, 0.3) is 0 Å². The molecule has 0 spiro atoms. The largest absolute Gasteiger partial charge is 1.00 e. The number of carbonyl (C=O) groups excluding carboxylic acids is 3. The molecule has 33 heavy (non-hydrogen) atoms. The predicted octanol–water partition coefficient (Wildman–Crippen LogP) is -3.91. The Kier molecular flexibility index (Phi) is 8.93. The predicted molar refractivity (Wildman–Crippen MR) is 109 cm³/mol. The van der Waals surface area contributed by atoms with E-state index in [1.807, 2.05) is 0 Å². The fourth-order valence-electron chi connectivity index (χ4n) is 2.84. The molecule has 2 aromatic rings. The van der Waals surface area contributed by atoms with Crippen LogP contribution >= 0.6 is 11.3 Å². The summed E-state index contributed by atoms with van der Waals surface area (Å²) in [6, 6.07) is 4.84. The average molecular weight is 505 g/mol. The number of nitrogens with one attached hydrogen (secondary N) is 1. The monoisotopic (exact) mass is 505 g/mol. The molecule has 1 aliphatic heterocycles. The van der Waals surface area contributed by atoms with E-state index in [9.17, 15) is 27.4 Å². The summed E-state index contributed by atoms with van der Waals surface area (Å²) in [4.78, 5) is 45.6. The number of ether oxygens (including phenoxy) is 1. The standard InChI is InChI=1S/C17H17N5O8S2.Na/c1-29-21-12(10-8-31-17(18)19-10)14(23)20-13-11(22(15(13)24)32(26,27)28)7-30-16(25)9-5-3-2-4-6-9;/h2-6,8,11,13H,7H2,1H3,(H2,18,19)(H,20,23)(H,26,27,28);/q;+1/p-1. The summed E-state index contributed by atoms with van der Waals surface area (Å²) in [7, 11) is -4.04. The number of aromatic nitrogens is 1. The van der Waals surface area contributed by atoms with Crippen LogP contribution in [0.2, 0.25) is 0 Å². The topological polar surface area (TPSA) is 193 Å². The first-order valence-corrected chi connectivity index (χ1v) is 11.0. The van der Waals surface area contributed by atoms with Gasteiger partial charge in [0.15, 0.2) is 21.1 Å². The molecule has 0 bridgehead atoms. The Morgan fingerprint density at radius 1 is 1.33 bits per heavy atom. The van der Waals surface area contributed by atoms with Crippen LogP contribution in [0.4, 0.5) is 5.13 Å². The number of nitrogens with two attached hydrogens (primary N) is 1. The molecule has 1 fully saturated rings. The average Bonchev–Trinajstić information content (AvgIpc) is 3.17. The number of amides is 2. The van der Waals surface area contributed by atoms with Crippen molar-refractivity contribution in [3.63, 3.8) is 0 Å². The minimum Gasteiger partial charge on any atom is -0.731 e. The van der Waals surface area contributed by atoms with Gasteiger partial charge in [0.25, 0.3) is 11.8 Å². The van der Waals surface area contributed by atoms with Crippen molar-refractivity contribution in [1.29, 1.82) is 0 Å². The van der Waals surface area contributed by atoms with Gasteiger partial charge in [-0.15, -0.1) is 11.3 Å². The number of thiazole rings is 1. The third-order valence-electron chi connectivity index (χ3n) is 4.25. The van der Waals surface area contributed by atoms with Gasteiger partial charge in [-0.25, -0.2) is 22.5 Å². The summed E-state index contributed by atoms with van der Waals surface area (Å²) in [5, 5.41) is 7.38. The summed E-state index contributed by atoms with van der Waals surface area (Å²) in [5.41, 5.74) is 5.44. The number of rotatable bonds is 8. The first kappa shape index (κ1) is 26.7.